The molecule has 0 fully saturated rings. The van der Waals surface area contributed by atoms with Gasteiger partial charge in [0, 0.05) is 6.92 Å². The summed E-state index contributed by atoms with van der Waals surface area (Å²) in [4.78, 5) is 13.3. The number of carboxylic acids is 1. The molecule has 0 saturated heterocycles. The van der Waals surface area contributed by atoms with E-state index in [0.29, 0.717) is 12.3 Å². The first-order valence-electron chi connectivity index (χ1n) is 4.35. The fourth-order valence-corrected chi connectivity index (χ4v) is 0.898. The third kappa shape index (κ3) is 7.27. The highest BCUT2D eigenvalue weighted by molar-refractivity contribution is 5.72. The lowest BCUT2D eigenvalue weighted by Gasteiger charge is -2.03. The molecule has 1 unspecified atom stereocenters. The van der Waals surface area contributed by atoms with Gasteiger partial charge in [0.25, 0.3) is 0 Å². The first-order chi connectivity index (χ1) is 6.04. The number of hydrogen-bond acceptors (Lipinski definition) is 2. The maximum atomic E-state index is 10.3. The molecular formula is C8H18N3O2+. The molecule has 13 heavy (non-hydrogen) atoms. The fourth-order valence-electron chi connectivity index (χ4n) is 0.898. The average molecular weight is 188 g/mol. The van der Waals surface area contributed by atoms with Gasteiger partial charge in [-0.3, -0.25) is 15.5 Å². The zero-order chi connectivity index (χ0) is 10.3. The van der Waals surface area contributed by atoms with E-state index in [4.69, 9.17) is 16.6 Å². The summed E-state index contributed by atoms with van der Waals surface area (Å²) in [7, 11) is 0. The highest BCUT2D eigenvalue weighted by atomic mass is 16.4. The zero-order valence-electron chi connectivity index (χ0n) is 7.92. The van der Waals surface area contributed by atoms with Crippen molar-refractivity contribution in [3.63, 3.8) is 0 Å². The van der Waals surface area contributed by atoms with E-state index in [0.717, 1.165) is 19.4 Å². The van der Waals surface area contributed by atoms with Crippen LogP contribution in [-0.2, 0) is 4.79 Å². The van der Waals surface area contributed by atoms with Crippen LogP contribution in [0.15, 0.2) is 0 Å². The Balaban J connectivity index is 3.36. The quantitative estimate of drug-likeness (QED) is 0.220. The summed E-state index contributed by atoms with van der Waals surface area (Å²) in [5.74, 6) is -0.253. The van der Waals surface area contributed by atoms with Gasteiger partial charge in [-0.05, 0) is 19.3 Å². The molecule has 0 aliphatic rings. The molecule has 0 aliphatic carbocycles. The summed E-state index contributed by atoms with van der Waals surface area (Å²) in [6.45, 7) is 2.55. The van der Waals surface area contributed by atoms with E-state index >= 15 is 0 Å². The maximum Gasteiger partial charge on any atom is 0.320 e. The second-order valence-corrected chi connectivity index (χ2v) is 3.05. The van der Waals surface area contributed by atoms with Crippen molar-refractivity contribution in [3.8, 4) is 0 Å². The molecule has 0 aromatic carbocycles. The smallest absolute Gasteiger partial charge is 0.320 e. The molecule has 1 atom stereocenters. The molecule has 5 nitrogen and oxygen atoms in total. The van der Waals surface area contributed by atoms with Gasteiger partial charge >= 0.3 is 5.97 Å². The van der Waals surface area contributed by atoms with Crippen LogP contribution in [0.2, 0.25) is 0 Å². The third-order valence-corrected chi connectivity index (χ3v) is 1.66. The van der Waals surface area contributed by atoms with Crippen molar-refractivity contribution >= 4 is 11.8 Å². The van der Waals surface area contributed by atoms with Gasteiger partial charge in [-0.25, -0.2) is 0 Å². The Morgan fingerprint density at radius 2 is 2.15 bits per heavy atom. The Hall–Kier alpha value is -1.10. The van der Waals surface area contributed by atoms with Crippen LogP contribution < -0.4 is 16.5 Å². The first-order valence-corrected chi connectivity index (χ1v) is 4.35. The lowest BCUT2D eigenvalue weighted by Crippen LogP contribution is -2.74. The standard InChI is InChI=1S/C8H17N3O2/c1-6(9)11-5-3-2-4-7(10)8(12)13/h7H,2-5,10H2,1H3,(H2,9,11)(H,12,13)/p+1. The monoisotopic (exact) mass is 188 g/mol. The van der Waals surface area contributed by atoms with Gasteiger partial charge in [0.2, 0.25) is 5.84 Å². The summed E-state index contributed by atoms with van der Waals surface area (Å²) in [6, 6.07) is -0.733. The highest BCUT2D eigenvalue weighted by Crippen LogP contribution is 1.96. The minimum Gasteiger partial charge on any atom is -0.480 e. The molecular weight excluding hydrogens is 170 g/mol. The first kappa shape index (κ1) is 11.9. The molecule has 0 amide bonds. The van der Waals surface area contributed by atoms with Crippen molar-refractivity contribution in [2.75, 3.05) is 6.54 Å². The largest absolute Gasteiger partial charge is 0.480 e. The van der Waals surface area contributed by atoms with Gasteiger partial charge in [-0.15, -0.1) is 0 Å². The SMILES string of the molecule is CC(N)=[NH+]CCCCC(N)C(=O)O. The van der Waals surface area contributed by atoms with E-state index in [2.05, 4.69) is 4.99 Å². The molecule has 5 heteroatoms. The summed E-state index contributed by atoms with van der Waals surface area (Å²) >= 11 is 0. The van der Waals surface area contributed by atoms with Crippen molar-refractivity contribution < 1.29 is 14.9 Å². The minimum atomic E-state index is -0.936. The predicted octanol–water partition coefficient (Wildman–Crippen LogP) is -1.97. The number of carbonyl (C=O) groups is 1. The summed E-state index contributed by atoms with van der Waals surface area (Å²) < 4.78 is 0. The number of unbranched alkanes of at least 4 members (excludes halogenated alkanes) is 1. The van der Waals surface area contributed by atoms with Crippen molar-refractivity contribution in [2.24, 2.45) is 11.5 Å². The topological polar surface area (TPSA) is 103 Å². The third-order valence-electron chi connectivity index (χ3n) is 1.66. The van der Waals surface area contributed by atoms with E-state index < -0.39 is 12.0 Å². The Kier molecular flexibility index (Phi) is 5.88. The maximum absolute atomic E-state index is 10.3. The normalized spacial score (nSPS) is 14.2. The van der Waals surface area contributed by atoms with Crippen LogP contribution in [0, 0.1) is 0 Å². The fraction of sp³-hybridized carbons (Fsp3) is 0.750. The van der Waals surface area contributed by atoms with Crippen LogP contribution in [0.4, 0.5) is 0 Å². The van der Waals surface area contributed by atoms with Gasteiger partial charge in [0.1, 0.15) is 6.04 Å². The number of nitrogens with two attached hydrogens (primary N) is 2. The van der Waals surface area contributed by atoms with Gasteiger partial charge in [0.05, 0.1) is 6.54 Å². The van der Waals surface area contributed by atoms with E-state index in [1.165, 1.54) is 0 Å². The number of rotatable bonds is 6. The zero-order valence-corrected chi connectivity index (χ0v) is 7.92. The number of nitrogens with one attached hydrogen (secondary N) is 1. The lowest BCUT2D eigenvalue weighted by atomic mass is 10.1. The van der Waals surface area contributed by atoms with E-state index in [-0.39, 0.29) is 0 Å². The van der Waals surface area contributed by atoms with Gasteiger partial charge < -0.3 is 10.8 Å². The Morgan fingerprint density at radius 3 is 2.62 bits per heavy atom. The van der Waals surface area contributed by atoms with E-state index in [1.54, 1.807) is 6.92 Å². The number of amidine groups is 1. The van der Waals surface area contributed by atoms with Crippen LogP contribution in [0.25, 0.3) is 0 Å². The predicted molar refractivity (Wildman–Crippen MR) is 50.2 cm³/mol. The van der Waals surface area contributed by atoms with Crippen LogP contribution in [-0.4, -0.2) is 29.5 Å². The minimum absolute atomic E-state index is 0.515. The molecule has 0 aromatic heterocycles. The van der Waals surface area contributed by atoms with Gasteiger partial charge in [-0.2, -0.15) is 0 Å². The molecule has 0 heterocycles. The van der Waals surface area contributed by atoms with Gasteiger partial charge in [0.15, 0.2) is 0 Å². The van der Waals surface area contributed by atoms with E-state index in [9.17, 15) is 4.79 Å². The van der Waals surface area contributed by atoms with Crippen LogP contribution in [0.1, 0.15) is 26.2 Å². The van der Waals surface area contributed by atoms with Crippen molar-refractivity contribution in [3.05, 3.63) is 0 Å². The van der Waals surface area contributed by atoms with Gasteiger partial charge in [-0.1, -0.05) is 0 Å². The Labute approximate surface area is 77.8 Å². The van der Waals surface area contributed by atoms with Crippen molar-refractivity contribution in [1.29, 1.82) is 0 Å². The number of hydrogen-bond donors (Lipinski definition) is 4. The molecule has 76 valence electrons. The summed E-state index contributed by atoms with van der Waals surface area (Å²) in [5.41, 5.74) is 10.7. The van der Waals surface area contributed by atoms with Crippen LogP contribution >= 0.6 is 0 Å². The van der Waals surface area contributed by atoms with Crippen molar-refractivity contribution in [2.45, 2.75) is 32.2 Å². The molecule has 0 aliphatic heterocycles. The van der Waals surface area contributed by atoms with Crippen molar-refractivity contribution in [1.82, 2.24) is 0 Å². The van der Waals surface area contributed by atoms with Crippen LogP contribution in [0.3, 0.4) is 0 Å². The second-order valence-electron chi connectivity index (χ2n) is 3.05. The molecule has 0 spiro atoms. The second kappa shape index (κ2) is 6.42. The summed E-state index contributed by atoms with van der Waals surface area (Å²) in [6.07, 6.45) is 2.20. The molecule has 0 rings (SSSR count). The van der Waals surface area contributed by atoms with E-state index in [1.807, 2.05) is 0 Å². The Bertz CT molecular complexity index is 188. The molecule has 0 bridgehead atoms. The number of aliphatic carboxylic acids is 1. The molecule has 0 aromatic rings. The molecule has 6 N–H and O–H groups in total. The average Bonchev–Trinajstić information content (AvgIpc) is 2.02. The lowest BCUT2D eigenvalue weighted by molar-refractivity contribution is -0.459. The highest BCUT2D eigenvalue weighted by Gasteiger charge is 2.09. The van der Waals surface area contributed by atoms with Crippen LogP contribution in [0.5, 0.6) is 0 Å². The molecule has 0 saturated carbocycles. The molecule has 0 radical (unpaired) electrons. The summed E-state index contributed by atoms with van der Waals surface area (Å²) in [5, 5.41) is 8.46. The number of carboxylic acid groups (broad SMARTS) is 1. The Morgan fingerprint density at radius 1 is 1.54 bits per heavy atom.